The molecule has 1 rings (SSSR count). The largest absolute Gasteiger partial charge is 0.481 e. The van der Waals surface area contributed by atoms with E-state index in [0.717, 1.165) is 24.2 Å². The van der Waals surface area contributed by atoms with E-state index in [2.05, 4.69) is 4.90 Å². The first-order chi connectivity index (χ1) is 9.67. The zero-order valence-electron chi connectivity index (χ0n) is 12.2. The minimum Gasteiger partial charge on any atom is -0.481 e. The Hall–Kier alpha value is -1.43. The van der Waals surface area contributed by atoms with E-state index in [1.54, 1.807) is 14.2 Å². The van der Waals surface area contributed by atoms with Gasteiger partial charge in [-0.1, -0.05) is 24.3 Å². The first-order valence-electron chi connectivity index (χ1n) is 6.66. The minimum absolute atomic E-state index is 0.0541. The van der Waals surface area contributed by atoms with E-state index in [1.165, 1.54) is 0 Å². The summed E-state index contributed by atoms with van der Waals surface area (Å²) in [5.41, 5.74) is 1.90. The van der Waals surface area contributed by atoms with Crippen molar-refractivity contribution in [1.82, 2.24) is 4.90 Å². The normalized spacial score (nSPS) is 10.9. The number of benzene rings is 1. The fourth-order valence-corrected chi connectivity index (χ4v) is 2.00. The van der Waals surface area contributed by atoms with E-state index in [0.29, 0.717) is 19.8 Å². The van der Waals surface area contributed by atoms with Crippen molar-refractivity contribution in [2.75, 3.05) is 40.5 Å². The summed E-state index contributed by atoms with van der Waals surface area (Å²) in [7, 11) is 3.35. The first-order valence-corrected chi connectivity index (χ1v) is 6.66. The third kappa shape index (κ3) is 6.14. The van der Waals surface area contributed by atoms with Crippen molar-refractivity contribution in [2.45, 2.75) is 13.0 Å². The van der Waals surface area contributed by atoms with Gasteiger partial charge in [0.25, 0.3) is 0 Å². The van der Waals surface area contributed by atoms with Gasteiger partial charge in [-0.15, -0.1) is 0 Å². The highest BCUT2D eigenvalue weighted by Gasteiger charge is 2.10. The molecule has 0 saturated carbocycles. The molecule has 1 aromatic carbocycles. The van der Waals surface area contributed by atoms with Crippen molar-refractivity contribution in [3.05, 3.63) is 35.4 Å². The summed E-state index contributed by atoms with van der Waals surface area (Å²) in [5.74, 6) is -0.808. The van der Waals surface area contributed by atoms with Crippen LogP contribution in [-0.4, -0.2) is 56.5 Å². The zero-order valence-corrected chi connectivity index (χ0v) is 12.2. The molecule has 0 aliphatic carbocycles. The van der Waals surface area contributed by atoms with Gasteiger partial charge in [0.15, 0.2) is 0 Å². The Balaban J connectivity index is 2.72. The van der Waals surface area contributed by atoms with E-state index in [1.807, 2.05) is 24.3 Å². The quantitative estimate of drug-likeness (QED) is 0.702. The van der Waals surface area contributed by atoms with Crippen LogP contribution >= 0.6 is 0 Å². The van der Waals surface area contributed by atoms with Gasteiger partial charge >= 0.3 is 5.97 Å². The molecule has 0 unspecified atom stereocenters. The molecule has 0 bridgehead atoms. The number of hydrogen-bond donors (Lipinski definition) is 1. The van der Waals surface area contributed by atoms with Crippen LogP contribution in [-0.2, 0) is 27.2 Å². The second-order valence-electron chi connectivity index (χ2n) is 4.60. The molecule has 0 spiro atoms. The third-order valence-corrected chi connectivity index (χ3v) is 3.08. The summed E-state index contributed by atoms with van der Waals surface area (Å²) in [6.07, 6.45) is 0.0541. The van der Waals surface area contributed by atoms with Crippen LogP contribution in [0.4, 0.5) is 0 Å². The van der Waals surface area contributed by atoms with Gasteiger partial charge in [-0.2, -0.15) is 0 Å². The molecule has 0 heterocycles. The van der Waals surface area contributed by atoms with Gasteiger partial charge in [-0.25, -0.2) is 0 Å². The summed E-state index contributed by atoms with van der Waals surface area (Å²) < 4.78 is 10.2. The van der Waals surface area contributed by atoms with Crippen LogP contribution in [0, 0.1) is 0 Å². The summed E-state index contributed by atoms with van der Waals surface area (Å²) >= 11 is 0. The summed E-state index contributed by atoms with van der Waals surface area (Å²) in [6, 6.07) is 7.65. The Labute approximate surface area is 120 Å². The number of carboxylic acid groups (broad SMARTS) is 1. The van der Waals surface area contributed by atoms with E-state index in [4.69, 9.17) is 14.6 Å². The molecule has 0 aliphatic heterocycles. The third-order valence-electron chi connectivity index (χ3n) is 3.08. The molecule has 0 radical (unpaired) electrons. The van der Waals surface area contributed by atoms with Crippen LogP contribution < -0.4 is 0 Å². The highest BCUT2D eigenvalue weighted by Crippen LogP contribution is 2.12. The highest BCUT2D eigenvalue weighted by atomic mass is 16.5. The van der Waals surface area contributed by atoms with Gasteiger partial charge < -0.3 is 14.6 Å². The first kappa shape index (κ1) is 16.6. The van der Waals surface area contributed by atoms with Crippen molar-refractivity contribution in [1.29, 1.82) is 0 Å². The van der Waals surface area contributed by atoms with Gasteiger partial charge in [0.05, 0.1) is 19.6 Å². The van der Waals surface area contributed by atoms with Crippen LogP contribution in [0.15, 0.2) is 24.3 Å². The Bertz CT molecular complexity index is 401. The minimum atomic E-state index is -0.808. The Morgan fingerprint density at radius 2 is 1.65 bits per heavy atom. The maximum Gasteiger partial charge on any atom is 0.307 e. The van der Waals surface area contributed by atoms with Crippen LogP contribution in [0.2, 0.25) is 0 Å². The molecule has 0 fully saturated rings. The lowest BCUT2D eigenvalue weighted by Gasteiger charge is -2.22. The van der Waals surface area contributed by atoms with Gasteiger partial charge in [0.2, 0.25) is 0 Å². The smallest absolute Gasteiger partial charge is 0.307 e. The summed E-state index contributed by atoms with van der Waals surface area (Å²) in [5, 5.41) is 8.95. The molecule has 0 aromatic heterocycles. The summed E-state index contributed by atoms with van der Waals surface area (Å²) in [6.45, 7) is 3.58. The monoisotopic (exact) mass is 281 g/mol. The number of carboxylic acids is 1. The Morgan fingerprint density at radius 3 is 2.15 bits per heavy atom. The predicted octanol–water partition coefficient (Wildman–Crippen LogP) is 1.41. The van der Waals surface area contributed by atoms with Crippen molar-refractivity contribution in [2.24, 2.45) is 0 Å². The lowest BCUT2D eigenvalue weighted by molar-refractivity contribution is -0.136. The number of carbonyl (C=O) groups is 1. The number of aliphatic carboxylic acids is 1. The van der Waals surface area contributed by atoms with Gasteiger partial charge in [-0.3, -0.25) is 9.69 Å². The standard InChI is InChI=1S/C15H23NO4/c1-19-9-7-16(8-10-20-2)12-14-6-4-3-5-13(14)11-15(17)18/h3-6H,7-12H2,1-2H3,(H,17,18). The van der Waals surface area contributed by atoms with Crippen LogP contribution in [0.3, 0.4) is 0 Å². The average molecular weight is 281 g/mol. The zero-order chi connectivity index (χ0) is 14.8. The fraction of sp³-hybridized carbons (Fsp3) is 0.533. The van der Waals surface area contributed by atoms with E-state index in [-0.39, 0.29) is 6.42 Å². The van der Waals surface area contributed by atoms with E-state index >= 15 is 0 Å². The highest BCUT2D eigenvalue weighted by molar-refractivity contribution is 5.70. The van der Waals surface area contributed by atoms with Crippen LogP contribution in [0.1, 0.15) is 11.1 Å². The molecular formula is C15H23NO4. The predicted molar refractivity (Wildman–Crippen MR) is 76.8 cm³/mol. The second kappa shape index (κ2) is 9.47. The molecule has 112 valence electrons. The molecule has 1 N–H and O–H groups in total. The fourth-order valence-electron chi connectivity index (χ4n) is 2.00. The van der Waals surface area contributed by atoms with Crippen molar-refractivity contribution >= 4 is 5.97 Å². The second-order valence-corrected chi connectivity index (χ2v) is 4.60. The maximum absolute atomic E-state index is 10.9. The Morgan fingerprint density at radius 1 is 1.10 bits per heavy atom. The van der Waals surface area contributed by atoms with Gasteiger partial charge in [0, 0.05) is 33.9 Å². The number of ether oxygens (including phenoxy) is 2. The lowest BCUT2D eigenvalue weighted by Crippen LogP contribution is -2.30. The number of hydrogen-bond acceptors (Lipinski definition) is 4. The molecule has 1 aromatic rings. The number of rotatable bonds is 10. The molecule has 0 saturated heterocycles. The SMILES string of the molecule is COCCN(CCOC)Cc1ccccc1CC(=O)O. The molecule has 5 nitrogen and oxygen atoms in total. The van der Waals surface area contributed by atoms with E-state index in [9.17, 15) is 4.79 Å². The van der Waals surface area contributed by atoms with Gasteiger partial charge in [-0.05, 0) is 11.1 Å². The maximum atomic E-state index is 10.9. The topological polar surface area (TPSA) is 59.0 Å². The van der Waals surface area contributed by atoms with Crippen LogP contribution in [0.5, 0.6) is 0 Å². The van der Waals surface area contributed by atoms with Crippen molar-refractivity contribution in [3.8, 4) is 0 Å². The molecule has 0 aliphatic rings. The van der Waals surface area contributed by atoms with Crippen molar-refractivity contribution < 1.29 is 19.4 Å². The Kier molecular flexibility index (Phi) is 7.87. The number of nitrogens with zero attached hydrogens (tertiary/aromatic N) is 1. The molecule has 0 atom stereocenters. The average Bonchev–Trinajstić information content (AvgIpc) is 2.43. The van der Waals surface area contributed by atoms with E-state index < -0.39 is 5.97 Å². The molecule has 5 heteroatoms. The summed E-state index contributed by atoms with van der Waals surface area (Å²) in [4.78, 5) is 13.1. The number of methoxy groups -OCH3 is 2. The lowest BCUT2D eigenvalue weighted by atomic mass is 10.0. The van der Waals surface area contributed by atoms with Gasteiger partial charge in [0.1, 0.15) is 0 Å². The molecule has 20 heavy (non-hydrogen) atoms. The van der Waals surface area contributed by atoms with Crippen LogP contribution in [0.25, 0.3) is 0 Å². The molecular weight excluding hydrogens is 258 g/mol. The molecule has 0 amide bonds. The van der Waals surface area contributed by atoms with Crippen molar-refractivity contribution in [3.63, 3.8) is 0 Å².